The average molecular weight is 400 g/mol. The molecular formula is C16H14Cl2NiO4. The number of carbonyl (C=O) groups excluding carboxylic acids is 2. The van der Waals surface area contributed by atoms with Crippen molar-refractivity contribution in [1.29, 1.82) is 0 Å². The first-order chi connectivity index (χ1) is 10.3. The predicted molar refractivity (Wildman–Crippen MR) is 83.3 cm³/mol. The SMILES string of the molecule is CC(=O)[O-].CC(=O)[O-].Clc1cccc(-c2ccccc2)c1Cl.[Ni+2]. The van der Waals surface area contributed by atoms with Gasteiger partial charge in [-0.3, -0.25) is 0 Å². The molecule has 0 saturated heterocycles. The van der Waals surface area contributed by atoms with E-state index >= 15 is 0 Å². The van der Waals surface area contributed by atoms with Crippen LogP contribution in [0.25, 0.3) is 11.1 Å². The van der Waals surface area contributed by atoms with Crippen LogP contribution < -0.4 is 10.2 Å². The molecule has 0 fully saturated rings. The van der Waals surface area contributed by atoms with Crippen LogP contribution >= 0.6 is 23.2 Å². The summed E-state index contributed by atoms with van der Waals surface area (Å²) >= 11 is 12.0. The summed E-state index contributed by atoms with van der Waals surface area (Å²) in [4.78, 5) is 17.8. The van der Waals surface area contributed by atoms with Crippen molar-refractivity contribution < 1.29 is 36.3 Å². The van der Waals surface area contributed by atoms with Crippen molar-refractivity contribution >= 4 is 35.1 Å². The monoisotopic (exact) mass is 398 g/mol. The fourth-order valence-electron chi connectivity index (χ4n) is 1.34. The summed E-state index contributed by atoms with van der Waals surface area (Å²) < 4.78 is 0. The maximum absolute atomic E-state index is 8.89. The van der Waals surface area contributed by atoms with Gasteiger partial charge in [-0.1, -0.05) is 65.7 Å². The summed E-state index contributed by atoms with van der Waals surface area (Å²) in [6, 6.07) is 15.6. The molecule has 0 spiro atoms. The number of benzene rings is 2. The molecule has 2 aromatic carbocycles. The summed E-state index contributed by atoms with van der Waals surface area (Å²) in [6.45, 7) is 1.94. The Labute approximate surface area is 155 Å². The van der Waals surface area contributed by atoms with Crippen molar-refractivity contribution in [1.82, 2.24) is 0 Å². The van der Waals surface area contributed by atoms with Crippen LogP contribution in [0.2, 0.25) is 10.0 Å². The minimum atomic E-state index is -1.08. The number of carbonyl (C=O) groups is 2. The van der Waals surface area contributed by atoms with Gasteiger partial charge in [0, 0.05) is 17.5 Å². The second-order valence-corrected chi connectivity index (χ2v) is 4.74. The van der Waals surface area contributed by atoms with E-state index in [1.165, 1.54) is 0 Å². The maximum atomic E-state index is 8.89. The van der Waals surface area contributed by atoms with E-state index < -0.39 is 11.9 Å². The second kappa shape index (κ2) is 12.9. The fourth-order valence-corrected chi connectivity index (χ4v) is 1.75. The van der Waals surface area contributed by atoms with E-state index in [1.807, 2.05) is 42.5 Å². The van der Waals surface area contributed by atoms with Crippen LogP contribution in [0.4, 0.5) is 0 Å². The average Bonchev–Trinajstić information content (AvgIpc) is 2.42. The Bertz CT molecular complexity index is 599. The third-order valence-electron chi connectivity index (χ3n) is 2.04. The number of hydrogen-bond acceptors (Lipinski definition) is 4. The molecule has 0 heterocycles. The van der Waals surface area contributed by atoms with Crippen LogP contribution in [-0.2, 0) is 26.1 Å². The van der Waals surface area contributed by atoms with Crippen molar-refractivity contribution in [2.45, 2.75) is 13.8 Å². The number of carboxylic acids is 2. The van der Waals surface area contributed by atoms with E-state index in [9.17, 15) is 0 Å². The van der Waals surface area contributed by atoms with Gasteiger partial charge < -0.3 is 19.8 Å². The molecular weight excluding hydrogens is 386 g/mol. The molecule has 0 aliphatic rings. The van der Waals surface area contributed by atoms with Crippen molar-refractivity contribution in [2.75, 3.05) is 0 Å². The molecule has 126 valence electrons. The number of aliphatic carboxylic acids is 2. The first-order valence-electron chi connectivity index (χ1n) is 6.10. The Morgan fingerprint density at radius 3 is 1.70 bits per heavy atom. The largest absolute Gasteiger partial charge is 2.00 e. The molecule has 0 aliphatic heterocycles. The molecule has 2 aromatic rings. The Hall–Kier alpha value is -1.55. The third-order valence-corrected chi connectivity index (χ3v) is 2.86. The Balaban J connectivity index is 0. The molecule has 0 unspecified atom stereocenters. The van der Waals surface area contributed by atoms with Crippen LogP contribution in [0, 0.1) is 0 Å². The molecule has 2 rings (SSSR count). The van der Waals surface area contributed by atoms with Gasteiger partial charge in [-0.2, -0.15) is 0 Å². The van der Waals surface area contributed by atoms with E-state index in [2.05, 4.69) is 0 Å². The van der Waals surface area contributed by atoms with Crippen LogP contribution in [-0.4, -0.2) is 11.9 Å². The molecule has 0 bridgehead atoms. The van der Waals surface area contributed by atoms with Gasteiger partial charge in [0.1, 0.15) is 0 Å². The standard InChI is InChI=1S/C12H8Cl2.2C2H4O2.Ni/c13-11-8-4-7-10(12(11)14)9-5-2-1-3-6-9;2*1-2(3)4;/h1-8H;2*1H3,(H,3,4);/q;;;+2/p-2. The topological polar surface area (TPSA) is 80.3 Å². The van der Waals surface area contributed by atoms with E-state index in [4.69, 9.17) is 43.0 Å². The van der Waals surface area contributed by atoms with Crippen molar-refractivity contribution in [3.63, 3.8) is 0 Å². The summed E-state index contributed by atoms with van der Waals surface area (Å²) in [5.74, 6) is -2.17. The zero-order valence-electron chi connectivity index (χ0n) is 12.3. The Morgan fingerprint density at radius 2 is 1.26 bits per heavy atom. The zero-order chi connectivity index (χ0) is 17.1. The van der Waals surface area contributed by atoms with Crippen LogP contribution in [0.5, 0.6) is 0 Å². The molecule has 0 aliphatic carbocycles. The van der Waals surface area contributed by atoms with E-state index in [0.717, 1.165) is 25.0 Å². The van der Waals surface area contributed by atoms with E-state index in [-0.39, 0.29) is 16.5 Å². The predicted octanol–water partition coefficient (Wildman–Crippen LogP) is 2.17. The van der Waals surface area contributed by atoms with Gasteiger partial charge in [-0.15, -0.1) is 0 Å². The normalized spacial score (nSPS) is 8.35. The molecule has 0 aromatic heterocycles. The smallest absolute Gasteiger partial charge is 0.550 e. The van der Waals surface area contributed by atoms with Gasteiger partial charge in [0.2, 0.25) is 0 Å². The molecule has 0 atom stereocenters. The van der Waals surface area contributed by atoms with Crippen LogP contribution in [0.3, 0.4) is 0 Å². The van der Waals surface area contributed by atoms with Gasteiger partial charge in [0.25, 0.3) is 0 Å². The molecule has 7 heteroatoms. The molecule has 0 radical (unpaired) electrons. The van der Waals surface area contributed by atoms with Crippen LogP contribution in [0.1, 0.15) is 13.8 Å². The molecule has 4 nitrogen and oxygen atoms in total. The summed E-state index contributed by atoms with van der Waals surface area (Å²) in [5, 5.41) is 19.0. The summed E-state index contributed by atoms with van der Waals surface area (Å²) in [6.07, 6.45) is 0. The third kappa shape index (κ3) is 11.6. The van der Waals surface area contributed by atoms with Crippen molar-refractivity contribution in [2.24, 2.45) is 0 Å². The maximum Gasteiger partial charge on any atom is 2.00 e. The minimum absolute atomic E-state index is 0. The second-order valence-electron chi connectivity index (χ2n) is 3.95. The van der Waals surface area contributed by atoms with Gasteiger partial charge in [-0.05, 0) is 25.5 Å². The molecule has 0 N–H and O–H groups in total. The van der Waals surface area contributed by atoms with Crippen molar-refractivity contribution in [3.05, 3.63) is 58.6 Å². The Kier molecular flexibility index (Phi) is 13.3. The van der Waals surface area contributed by atoms with Gasteiger partial charge in [0.15, 0.2) is 0 Å². The quantitative estimate of drug-likeness (QED) is 0.688. The first kappa shape index (κ1) is 23.7. The minimum Gasteiger partial charge on any atom is -0.550 e. The fraction of sp³-hybridized carbons (Fsp3) is 0.125. The molecule has 23 heavy (non-hydrogen) atoms. The number of hydrogen-bond donors (Lipinski definition) is 0. The summed E-state index contributed by atoms with van der Waals surface area (Å²) in [5.41, 5.74) is 2.06. The number of rotatable bonds is 1. The molecule has 0 amide bonds. The Morgan fingerprint density at radius 1 is 0.826 bits per heavy atom. The number of halogens is 2. The van der Waals surface area contributed by atoms with E-state index in [1.54, 1.807) is 6.07 Å². The van der Waals surface area contributed by atoms with Gasteiger partial charge >= 0.3 is 16.5 Å². The van der Waals surface area contributed by atoms with Gasteiger partial charge in [-0.25, -0.2) is 0 Å². The first-order valence-corrected chi connectivity index (χ1v) is 6.86. The van der Waals surface area contributed by atoms with Crippen molar-refractivity contribution in [3.8, 4) is 11.1 Å². The number of carboxylic acid groups (broad SMARTS) is 2. The van der Waals surface area contributed by atoms with Gasteiger partial charge in [0.05, 0.1) is 10.0 Å². The van der Waals surface area contributed by atoms with Crippen LogP contribution in [0.15, 0.2) is 48.5 Å². The summed E-state index contributed by atoms with van der Waals surface area (Å²) in [7, 11) is 0. The molecule has 0 saturated carbocycles. The zero-order valence-corrected chi connectivity index (χ0v) is 14.8. The van der Waals surface area contributed by atoms with E-state index in [0.29, 0.717) is 10.0 Å².